The molecule has 0 radical (unpaired) electrons. The third-order valence-electron chi connectivity index (χ3n) is 3.11. The third kappa shape index (κ3) is 8.21. The second-order valence-electron chi connectivity index (χ2n) is 5.05. The van der Waals surface area contributed by atoms with Gasteiger partial charge in [0.25, 0.3) is 0 Å². The summed E-state index contributed by atoms with van der Waals surface area (Å²) in [5.41, 5.74) is 1.90. The van der Waals surface area contributed by atoms with E-state index in [0.29, 0.717) is 32.7 Å². The van der Waals surface area contributed by atoms with Gasteiger partial charge in [0, 0.05) is 38.9 Å². The van der Waals surface area contributed by atoms with Crippen molar-refractivity contribution in [3.05, 3.63) is 29.8 Å². The average Bonchev–Trinajstić information content (AvgIpc) is 2.55. The Hall–Kier alpha value is -2.08. The van der Waals surface area contributed by atoms with Gasteiger partial charge in [-0.15, -0.1) is 0 Å². The van der Waals surface area contributed by atoms with Crippen LogP contribution in [0, 0.1) is 0 Å². The Labute approximate surface area is 138 Å². The minimum absolute atomic E-state index is 0.0472. The highest BCUT2D eigenvalue weighted by atomic mass is 16.5. The first-order valence-corrected chi connectivity index (χ1v) is 8.10. The first-order chi connectivity index (χ1) is 11.2. The third-order valence-corrected chi connectivity index (χ3v) is 3.11. The molecule has 0 fully saturated rings. The summed E-state index contributed by atoms with van der Waals surface area (Å²) in [5.74, 6) is 0.774. The van der Waals surface area contributed by atoms with Crippen LogP contribution in [0.2, 0.25) is 0 Å². The topological polar surface area (TPSA) is 74.8 Å². The Morgan fingerprint density at radius 2 is 2.09 bits per heavy atom. The number of hydrogen-bond acceptors (Lipinski definition) is 3. The molecule has 128 valence electrons. The van der Waals surface area contributed by atoms with E-state index in [-0.39, 0.29) is 5.91 Å². The lowest BCUT2D eigenvalue weighted by Crippen LogP contribution is -2.38. The van der Waals surface area contributed by atoms with E-state index >= 15 is 0 Å². The van der Waals surface area contributed by atoms with Gasteiger partial charge in [0.1, 0.15) is 0 Å². The molecule has 0 saturated heterocycles. The highest BCUT2D eigenvalue weighted by Crippen LogP contribution is 2.11. The molecule has 0 unspecified atom stereocenters. The SMILES string of the molecule is CCCC(=O)Nc1cccc(CNC(=NC)NCCOCC)c1. The van der Waals surface area contributed by atoms with Crippen molar-refractivity contribution >= 4 is 17.6 Å². The fourth-order valence-corrected chi connectivity index (χ4v) is 2.00. The minimum atomic E-state index is 0.0472. The summed E-state index contributed by atoms with van der Waals surface area (Å²) in [6.07, 6.45) is 1.38. The summed E-state index contributed by atoms with van der Waals surface area (Å²) in [6, 6.07) is 7.81. The largest absolute Gasteiger partial charge is 0.380 e. The molecule has 1 amide bonds. The van der Waals surface area contributed by atoms with Crippen LogP contribution < -0.4 is 16.0 Å². The van der Waals surface area contributed by atoms with Crippen LogP contribution in [-0.4, -0.2) is 38.7 Å². The van der Waals surface area contributed by atoms with Crippen LogP contribution in [0.3, 0.4) is 0 Å². The van der Waals surface area contributed by atoms with E-state index in [2.05, 4.69) is 20.9 Å². The fraction of sp³-hybridized carbons (Fsp3) is 0.529. The molecule has 0 atom stereocenters. The number of carbonyl (C=O) groups excluding carboxylic acids is 1. The van der Waals surface area contributed by atoms with E-state index in [1.54, 1.807) is 7.05 Å². The number of nitrogens with one attached hydrogen (secondary N) is 3. The second-order valence-corrected chi connectivity index (χ2v) is 5.05. The number of ether oxygens (including phenoxy) is 1. The maximum Gasteiger partial charge on any atom is 0.224 e. The maximum atomic E-state index is 11.6. The van der Waals surface area contributed by atoms with Crippen LogP contribution in [0.4, 0.5) is 5.69 Å². The summed E-state index contributed by atoms with van der Waals surface area (Å²) in [6.45, 7) is 6.66. The van der Waals surface area contributed by atoms with Crippen LogP contribution in [0.15, 0.2) is 29.3 Å². The predicted octanol–water partition coefficient (Wildman–Crippen LogP) is 2.13. The molecule has 1 rings (SSSR count). The normalized spacial score (nSPS) is 11.2. The smallest absolute Gasteiger partial charge is 0.224 e. The van der Waals surface area contributed by atoms with Gasteiger partial charge in [-0.25, -0.2) is 0 Å². The Bertz CT molecular complexity index is 503. The summed E-state index contributed by atoms with van der Waals surface area (Å²) in [4.78, 5) is 15.8. The van der Waals surface area contributed by atoms with Gasteiger partial charge in [-0.3, -0.25) is 9.79 Å². The molecular formula is C17H28N4O2. The van der Waals surface area contributed by atoms with Crippen molar-refractivity contribution < 1.29 is 9.53 Å². The van der Waals surface area contributed by atoms with Crippen LogP contribution in [-0.2, 0) is 16.1 Å². The lowest BCUT2D eigenvalue weighted by atomic mass is 10.2. The maximum absolute atomic E-state index is 11.6. The summed E-state index contributed by atoms with van der Waals surface area (Å²) in [7, 11) is 1.73. The molecule has 23 heavy (non-hydrogen) atoms. The van der Waals surface area contributed by atoms with Gasteiger partial charge in [0.2, 0.25) is 5.91 Å². The van der Waals surface area contributed by atoms with Gasteiger partial charge in [0.05, 0.1) is 6.61 Å². The van der Waals surface area contributed by atoms with E-state index in [0.717, 1.165) is 23.6 Å². The predicted molar refractivity (Wildman–Crippen MR) is 94.7 cm³/mol. The molecular weight excluding hydrogens is 292 g/mol. The number of amides is 1. The molecule has 0 aromatic heterocycles. The number of benzene rings is 1. The molecule has 0 aliphatic heterocycles. The quantitative estimate of drug-likeness (QED) is 0.370. The van der Waals surface area contributed by atoms with Crippen molar-refractivity contribution in [3.63, 3.8) is 0 Å². The number of guanidine groups is 1. The standard InChI is InChI=1S/C17H28N4O2/c1-4-7-16(22)21-15-9-6-8-14(12-15)13-20-17(18-3)19-10-11-23-5-2/h6,8-9,12H,4-5,7,10-11,13H2,1-3H3,(H,21,22)(H2,18,19,20). The number of nitrogens with zero attached hydrogens (tertiary/aromatic N) is 1. The van der Waals surface area contributed by atoms with E-state index in [1.165, 1.54) is 0 Å². The van der Waals surface area contributed by atoms with E-state index in [9.17, 15) is 4.79 Å². The van der Waals surface area contributed by atoms with Crippen LogP contribution in [0.5, 0.6) is 0 Å². The molecule has 0 heterocycles. The Morgan fingerprint density at radius 1 is 1.26 bits per heavy atom. The molecule has 1 aromatic carbocycles. The zero-order valence-corrected chi connectivity index (χ0v) is 14.3. The lowest BCUT2D eigenvalue weighted by Gasteiger charge is -2.12. The van der Waals surface area contributed by atoms with Gasteiger partial charge < -0.3 is 20.7 Å². The van der Waals surface area contributed by atoms with Gasteiger partial charge >= 0.3 is 0 Å². The van der Waals surface area contributed by atoms with Crippen molar-refractivity contribution in [1.29, 1.82) is 0 Å². The molecule has 6 nitrogen and oxygen atoms in total. The van der Waals surface area contributed by atoms with Crippen LogP contribution in [0.1, 0.15) is 32.3 Å². The molecule has 0 aliphatic carbocycles. The second kappa shape index (κ2) is 11.5. The van der Waals surface area contributed by atoms with E-state index < -0.39 is 0 Å². The molecule has 0 bridgehead atoms. The molecule has 6 heteroatoms. The lowest BCUT2D eigenvalue weighted by molar-refractivity contribution is -0.116. The van der Waals surface area contributed by atoms with Crippen molar-refractivity contribution in [2.75, 3.05) is 32.1 Å². The van der Waals surface area contributed by atoms with Crippen molar-refractivity contribution in [2.24, 2.45) is 4.99 Å². The zero-order chi connectivity index (χ0) is 16.9. The number of rotatable bonds is 9. The Kier molecular flexibility index (Phi) is 9.47. The average molecular weight is 320 g/mol. The zero-order valence-electron chi connectivity index (χ0n) is 14.3. The molecule has 0 spiro atoms. The number of aliphatic imine (C=N–C) groups is 1. The minimum Gasteiger partial charge on any atom is -0.380 e. The number of hydrogen-bond donors (Lipinski definition) is 3. The van der Waals surface area contributed by atoms with Crippen molar-refractivity contribution in [2.45, 2.75) is 33.2 Å². The first-order valence-electron chi connectivity index (χ1n) is 8.10. The highest BCUT2D eigenvalue weighted by Gasteiger charge is 2.02. The first kappa shape index (κ1) is 19.0. The summed E-state index contributed by atoms with van der Waals surface area (Å²) >= 11 is 0. The van der Waals surface area contributed by atoms with Crippen molar-refractivity contribution in [3.8, 4) is 0 Å². The summed E-state index contributed by atoms with van der Waals surface area (Å²) in [5, 5.41) is 9.33. The van der Waals surface area contributed by atoms with E-state index in [1.807, 2.05) is 38.1 Å². The van der Waals surface area contributed by atoms with Gasteiger partial charge in [-0.05, 0) is 31.0 Å². The highest BCUT2D eigenvalue weighted by molar-refractivity contribution is 5.90. The molecule has 0 saturated carbocycles. The van der Waals surface area contributed by atoms with Crippen molar-refractivity contribution in [1.82, 2.24) is 10.6 Å². The van der Waals surface area contributed by atoms with Crippen LogP contribution in [0.25, 0.3) is 0 Å². The Morgan fingerprint density at radius 3 is 2.78 bits per heavy atom. The molecule has 1 aromatic rings. The number of anilines is 1. The monoisotopic (exact) mass is 320 g/mol. The van der Waals surface area contributed by atoms with Crippen LogP contribution >= 0.6 is 0 Å². The summed E-state index contributed by atoms with van der Waals surface area (Å²) < 4.78 is 5.28. The van der Waals surface area contributed by atoms with E-state index in [4.69, 9.17) is 4.74 Å². The van der Waals surface area contributed by atoms with Gasteiger partial charge in [-0.1, -0.05) is 19.1 Å². The van der Waals surface area contributed by atoms with Gasteiger partial charge in [-0.2, -0.15) is 0 Å². The Balaban J connectivity index is 2.45. The number of carbonyl (C=O) groups is 1. The fourth-order valence-electron chi connectivity index (χ4n) is 2.00. The molecule has 0 aliphatic rings. The van der Waals surface area contributed by atoms with Gasteiger partial charge in [0.15, 0.2) is 5.96 Å². The molecule has 3 N–H and O–H groups in total.